The van der Waals surface area contributed by atoms with Gasteiger partial charge in [0, 0.05) is 43.3 Å². The number of nitrogens with zero attached hydrogens (tertiary/aromatic N) is 1. The minimum atomic E-state index is -0.0829. The van der Waals surface area contributed by atoms with Gasteiger partial charge in [-0.3, -0.25) is 9.59 Å². The number of ether oxygens (including phenoxy) is 1. The molecule has 2 N–H and O–H groups in total. The smallest absolute Gasteiger partial charge is 0.253 e. The molecular weight excluding hydrogens is 294 g/mol. The van der Waals surface area contributed by atoms with Crippen molar-refractivity contribution in [2.45, 2.75) is 26.3 Å². The van der Waals surface area contributed by atoms with E-state index < -0.39 is 0 Å². The molecule has 6 nitrogen and oxygen atoms in total. The molecule has 2 rings (SSSR count). The number of hydrogen-bond donors (Lipinski definition) is 2. The Hall–Kier alpha value is -1.92. The molecule has 6 heteroatoms. The van der Waals surface area contributed by atoms with E-state index in [1.165, 1.54) is 0 Å². The first-order valence-electron chi connectivity index (χ1n) is 8.14. The molecule has 1 fully saturated rings. The van der Waals surface area contributed by atoms with Crippen molar-refractivity contribution in [3.05, 3.63) is 29.8 Å². The van der Waals surface area contributed by atoms with Gasteiger partial charge in [0.2, 0.25) is 5.91 Å². The Bertz CT molecular complexity index is 538. The first-order valence-corrected chi connectivity index (χ1v) is 8.14. The fourth-order valence-electron chi connectivity index (χ4n) is 2.61. The van der Waals surface area contributed by atoms with E-state index in [1.54, 1.807) is 29.2 Å². The fraction of sp³-hybridized carbons (Fsp3) is 0.529. The first kappa shape index (κ1) is 17.4. The third-order valence-electron chi connectivity index (χ3n) is 3.87. The number of anilines is 1. The minimum absolute atomic E-state index is 0.0200. The monoisotopic (exact) mass is 319 g/mol. The van der Waals surface area contributed by atoms with Crippen LogP contribution in [0.5, 0.6) is 0 Å². The highest BCUT2D eigenvalue weighted by atomic mass is 16.5. The molecule has 1 aliphatic rings. The van der Waals surface area contributed by atoms with Crippen LogP contribution in [0.4, 0.5) is 5.69 Å². The molecule has 0 aromatic heterocycles. The first-order chi connectivity index (χ1) is 11.1. The summed E-state index contributed by atoms with van der Waals surface area (Å²) < 4.78 is 5.34. The van der Waals surface area contributed by atoms with Gasteiger partial charge in [-0.05, 0) is 32.0 Å². The van der Waals surface area contributed by atoms with Crippen LogP contribution in [0.2, 0.25) is 0 Å². The number of rotatable bonds is 6. The molecule has 126 valence electrons. The summed E-state index contributed by atoms with van der Waals surface area (Å²) in [5.74, 6) is -0.103. The second-order valence-corrected chi connectivity index (χ2v) is 5.54. The van der Waals surface area contributed by atoms with Crippen LogP contribution in [0, 0.1) is 0 Å². The normalized spacial score (nSPS) is 17.6. The topological polar surface area (TPSA) is 70.7 Å². The summed E-state index contributed by atoms with van der Waals surface area (Å²) in [6.45, 7) is 7.24. The molecular formula is C17H25N3O3. The van der Waals surface area contributed by atoms with E-state index in [-0.39, 0.29) is 17.9 Å². The SMILES string of the molecule is CCN(CC)C(=O)c1cccc(NC(=O)CC2COCCN2)c1. The van der Waals surface area contributed by atoms with E-state index in [0.717, 1.165) is 6.54 Å². The van der Waals surface area contributed by atoms with Crippen LogP contribution >= 0.6 is 0 Å². The Morgan fingerprint density at radius 2 is 2.13 bits per heavy atom. The number of hydrogen-bond acceptors (Lipinski definition) is 4. The van der Waals surface area contributed by atoms with E-state index in [9.17, 15) is 9.59 Å². The number of benzene rings is 1. The number of carbonyl (C=O) groups is 2. The summed E-state index contributed by atoms with van der Waals surface area (Å²) in [5, 5.41) is 6.10. The standard InChI is InChI=1S/C17H25N3O3/c1-3-20(4-2)17(22)13-6-5-7-14(10-13)19-16(21)11-15-12-23-9-8-18-15/h5-7,10,15,18H,3-4,8-9,11-12H2,1-2H3,(H,19,21). The number of amides is 2. The molecule has 1 saturated heterocycles. The number of morpholine rings is 1. The molecule has 23 heavy (non-hydrogen) atoms. The van der Waals surface area contributed by atoms with E-state index in [0.29, 0.717) is 44.0 Å². The summed E-state index contributed by atoms with van der Waals surface area (Å²) in [5.41, 5.74) is 1.23. The zero-order valence-corrected chi connectivity index (χ0v) is 13.8. The van der Waals surface area contributed by atoms with Crippen molar-refractivity contribution >= 4 is 17.5 Å². The largest absolute Gasteiger partial charge is 0.378 e. The molecule has 0 bridgehead atoms. The molecule has 0 saturated carbocycles. The summed E-state index contributed by atoms with van der Waals surface area (Å²) in [7, 11) is 0. The molecule has 1 aromatic rings. The second-order valence-electron chi connectivity index (χ2n) is 5.54. The predicted molar refractivity (Wildman–Crippen MR) is 89.5 cm³/mol. The van der Waals surface area contributed by atoms with Crippen LogP contribution in [-0.4, -0.2) is 55.6 Å². The average Bonchev–Trinajstić information content (AvgIpc) is 2.57. The minimum Gasteiger partial charge on any atom is -0.378 e. The lowest BCUT2D eigenvalue weighted by atomic mass is 10.1. The van der Waals surface area contributed by atoms with Crippen LogP contribution < -0.4 is 10.6 Å². The Labute approximate surface area is 137 Å². The van der Waals surface area contributed by atoms with Gasteiger partial charge in [-0.25, -0.2) is 0 Å². The Balaban J connectivity index is 1.96. The van der Waals surface area contributed by atoms with E-state index >= 15 is 0 Å². The molecule has 0 aliphatic carbocycles. The van der Waals surface area contributed by atoms with Gasteiger partial charge in [-0.2, -0.15) is 0 Å². The predicted octanol–water partition coefficient (Wildman–Crippen LogP) is 1.49. The summed E-state index contributed by atoms with van der Waals surface area (Å²) >= 11 is 0. The number of carbonyl (C=O) groups excluding carboxylic acids is 2. The van der Waals surface area contributed by atoms with Gasteiger partial charge in [0.05, 0.1) is 13.2 Å². The van der Waals surface area contributed by atoms with Crippen LogP contribution in [0.3, 0.4) is 0 Å². The number of nitrogens with one attached hydrogen (secondary N) is 2. The fourth-order valence-corrected chi connectivity index (χ4v) is 2.61. The molecule has 1 unspecified atom stereocenters. The summed E-state index contributed by atoms with van der Waals surface area (Å²) in [6, 6.07) is 7.12. The van der Waals surface area contributed by atoms with Crippen LogP contribution in [0.25, 0.3) is 0 Å². The van der Waals surface area contributed by atoms with Gasteiger partial charge in [0.25, 0.3) is 5.91 Å². The van der Waals surface area contributed by atoms with Crippen molar-refractivity contribution < 1.29 is 14.3 Å². The highest BCUT2D eigenvalue weighted by Gasteiger charge is 2.17. The van der Waals surface area contributed by atoms with Gasteiger partial charge >= 0.3 is 0 Å². The summed E-state index contributed by atoms with van der Waals surface area (Å²) in [6.07, 6.45) is 0.355. The van der Waals surface area contributed by atoms with E-state index in [2.05, 4.69) is 10.6 Å². The van der Waals surface area contributed by atoms with E-state index in [4.69, 9.17) is 4.74 Å². The van der Waals surface area contributed by atoms with Gasteiger partial charge in [-0.1, -0.05) is 6.07 Å². The van der Waals surface area contributed by atoms with Crippen molar-refractivity contribution in [1.82, 2.24) is 10.2 Å². The van der Waals surface area contributed by atoms with Crippen molar-refractivity contribution in [2.75, 3.05) is 38.2 Å². The zero-order chi connectivity index (χ0) is 16.7. The summed E-state index contributed by atoms with van der Waals surface area (Å²) in [4.78, 5) is 26.2. The lowest BCUT2D eigenvalue weighted by Gasteiger charge is -2.23. The Kier molecular flexibility index (Phi) is 6.55. The highest BCUT2D eigenvalue weighted by molar-refractivity contribution is 5.97. The Morgan fingerprint density at radius 3 is 2.78 bits per heavy atom. The average molecular weight is 319 g/mol. The van der Waals surface area contributed by atoms with Gasteiger partial charge in [-0.15, -0.1) is 0 Å². The van der Waals surface area contributed by atoms with Crippen LogP contribution in [0.15, 0.2) is 24.3 Å². The van der Waals surface area contributed by atoms with Crippen molar-refractivity contribution in [1.29, 1.82) is 0 Å². The maximum absolute atomic E-state index is 12.3. The maximum atomic E-state index is 12.3. The highest BCUT2D eigenvalue weighted by Crippen LogP contribution is 2.14. The third-order valence-corrected chi connectivity index (χ3v) is 3.87. The van der Waals surface area contributed by atoms with Crippen molar-refractivity contribution in [3.8, 4) is 0 Å². The lowest BCUT2D eigenvalue weighted by molar-refractivity contribution is -0.117. The molecule has 2 amide bonds. The quantitative estimate of drug-likeness (QED) is 0.833. The Morgan fingerprint density at radius 1 is 1.35 bits per heavy atom. The molecule has 0 radical (unpaired) electrons. The van der Waals surface area contributed by atoms with Gasteiger partial charge in [0.1, 0.15) is 0 Å². The third kappa shape index (κ3) is 5.04. The lowest BCUT2D eigenvalue weighted by Crippen LogP contribution is -2.43. The van der Waals surface area contributed by atoms with Gasteiger partial charge in [0.15, 0.2) is 0 Å². The van der Waals surface area contributed by atoms with Crippen LogP contribution in [-0.2, 0) is 9.53 Å². The molecule has 1 heterocycles. The zero-order valence-electron chi connectivity index (χ0n) is 13.8. The maximum Gasteiger partial charge on any atom is 0.253 e. The van der Waals surface area contributed by atoms with Gasteiger partial charge < -0.3 is 20.3 Å². The second kappa shape index (κ2) is 8.64. The van der Waals surface area contributed by atoms with Crippen molar-refractivity contribution in [3.63, 3.8) is 0 Å². The molecule has 0 spiro atoms. The molecule has 1 atom stereocenters. The molecule has 1 aliphatic heterocycles. The van der Waals surface area contributed by atoms with Crippen LogP contribution in [0.1, 0.15) is 30.6 Å². The van der Waals surface area contributed by atoms with E-state index in [1.807, 2.05) is 13.8 Å². The molecule has 1 aromatic carbocycles. The van der Waals surface area contributed by atoms with Crippen molar-refractivity contribution in [2.24, 2.45) is 0 Å².